The van der Waals surface area contributed by atoms with Gasteiger partial charge in [0.05, 0.1) is 34.5 Å². The third-order valence-corrected chi connectivity index (χ3v) is 6.12. The van der Waals surface area contributed by atoms with Gasteiger partial charge in [-0.3, -0.25) is 0 Å². The smallest absolute Gasteiger partial charge is 0.0976 e. The number of hydrogen-bond donors (Lipinski definition) is 2. The van der Waals surface area contributed by atoms with Crippen LogP contribution in [0.5, 0.6) is 0 Å². The minimum Gasteiger partial charge on any atom is -0.379 e. The van der Waals surface area contributed by atoms with E-state index in [1.807, 2.05) is 20.8 Å². The Labute approximate surface area is 113 Å². The third-order valence-electron chi connectivity index (χ3n) is 4.37. The van der Waals surface area contributed by atoms with E-state index in [0.29, 0.717) is 6.61 Å². The van der Waals surface area contributed by atoms with Crippen LogP contribution in [0.4, 0.5) is 0 Å². The van der Waals surface area contributed by atoms with E-state index in [0.717, 1.165) is 32.5 Å². The van der Waals surface area contributed by atoms with Gasteiger partial charge in [-0.2, -0.15) is 0 Å². The fourth-order valence-corrected chi connectivity index (χ4v) is 3.85. The first kappa shape index (κ1) is 14.4. The Bertz CT molecular complexity index is 334. The van der Waals surface area contributed by atoms with Crippen molar-refractivity contribution < 1.29 is 8.95 Å². The van der Waals surface area contributed by atoms with E-state index in [9.17, 15) is 4.21 Å². The first-order chi connectivity index (χ1) is 8.29. The van der Waals surface area contributed by atoms with Crippen molar-refractivity contribution in [3.63, 3.8) is 0 Å². The fourth-order valence-electron chi connectivity index (χ4n) is 2.86. The van der Waals surface area contributed by atoms with Crippen LogP contribution in [0.25, 0.3) is 0 Å². The van der Waals surface area contributed by atoms with Crippen LogP contribution in [-0.2, 0) is 15.7 Å². The molecule has 2 saturated heterocycles. The number of nitrogens with one attached hydrogen (secondary N) is 2. The summed E-state index contributed by atoms with van der Waals surface area (Å²) in [6.07, 6.45) is 2.19. The zero-order valence-corrected chi connectivity index (χ0v) is 12.8. The van der Waals surface area contributed by atoms with E-state index in [-0.39, 0.29) is 15.7 Å². The molecule has 2 atom stereocenters. The van der Waals surface area contributed by atoms with Crippen molar-refractivity contribution in [2.24, 2.45) is 5.41 Å². The summed E-state index contributed by atoms with van der Waals surface area (Å²) in [5.41, 5.74) is -0.0353. The lowest BCUT2D eigenvalue weighted by atomic mass is 9.67. The summed E-state index contributed by atoms with van der Waals surface area (Å²) in [4.78, 5) is 0. The molecule has 0 bridgehead atoms. The molecule has 2 fully saturated rings. The molecule has 1 spiro atoms. The molecule has 2 aliphatic heterocycles. The fraction of sp³-hybridized carbons (Fsp3) is 1.00. The van der Waals surface area contributed by atoms with Crippen LogP contribution in [0.15, 0.2) is 0 Å². The van der Waals surface area contributed by atoms with Crippen molar-refractivity contribution in [1.82, 2.24) is 10.0 Å². The molecule has 0 amide bonds. The quantitative estimate of drug-likeness (QED) is 0.795. The van der Waals surface area contributed by atoms with Crippen LogP contribution < -0.4 is 10.0 Å². The van der Waals surface area contributed by atoms with Crippen molar-refractivity contribution >= 4 is 11.0 Å². The molecule has 2 aliphatic rings. The molecule has 106 valence electrons. The molecule has 0 aromatic rings. The number of hydrogen-bond acceptors (Lipinski definition) is 3. The molecule has 0 aliphatic carbocycles. The van der Waals surface area contributed by atoms with Gasteiger partial charge in [0.2, 0.25) is 0 Å². The Kier molecular flexibility index (Phi) is 3.89. The monoisotopic (exact) mass is 274 g/mol. The summed E-state index contributed by atoms with van der Waals surface area (Å²) in [6, 6.07) is 0. The average molecular weight is 274 g/mol. The average Bonchev–Trinajstić information content (AvgIpc) is 2.56. The highest BCUT2D eigenvalue weighted by molar-refractivity contribution is 7.84. The van der Waals surface area contributed by atoms with E-state index in [1.54, 1.807) is 0 Å². The van der Waals surface area contributed by atoms with Crippen LogP contribution in [0, 0.1) is 5.41 Å². The second kappa shape index (κ2) is 4.85. The Morgan fingerprint density at radius 3 is 2.39 bits per heavy atom. The normalized spacial score (nSPS) is 33.8. The first-order valence-corrected chi connectivity index (χ1v) is 7.92. The molecule has 4 nitrogen and oxygen atoms in total. The standard InChI is InChI=1S/C13H26N2O2S/c1-11(2,3)18(16)15-12(4)9-17-10-13(12)5-7-14-8-6-13/h14-15H,5-10H2,1-4H3. The van der Waals surface area contributed by atoms with E-state index >= 15 is 0 Å². The maximum Gasteiger partial charge on any atom is 0.0976 e. The zero-order valence-electron chi connectivity index (χ0n) is 12.0. The molecular weight excluding hydrogens is 248 g/mol. The molecule has 2 heterocycles. The van der Waals surface area contributed by atoms with Gasteiger partial charge >= 0.3 is 0 Å². The highest BCUT2D eigenvalue weighted by Gasteiger charge is 2.54. The van der Waals surface area contributed by atoms with Crippen LogP contribution in [0.2, 0.25) is 0 Å². The minimum absolute atomic E-state index is 0.138. The largest absolute Gasteiger partial charge is 0.379 e. The van der Waals surface area contributed by atoms with Crippen LogP contribution >= 0.6 is 0 Å². The highest BCUT2D eigenvalue weighted by atomic mass is 32.2. The SMILES string of the molecule is CC(C)(C)S(=O)NC1(C)COCC12CCNCC2. The number of ether oxygens (including phenoxy) is 1. The lowest BCUT2D eigenvalue weighted by Gasteiger charge is -2.45. The predicted octanol–water partition coefficient (Wildman–Crippen LogP) is 1.20. The van der Waals surface area contributed by atoms with Gasteiger partial charge in [-0.25, -0.2) is 8.93 Å². The Balaban J connectivity index is 2.16. The molecule has 18 heavy (non-hydrogen) atoms. The van der Waals surface area contributed by atoms with Gasteiger partial charge in [0, 0.05) is 5.41 Å². The molecule has 0 radical (unpaired) electrons. The molecule has 5 heteroatoms. The molecule has 0 saturated carbocycles. The van der Waals surface area contributed by atoms with Gasteiger partial charge in [-0.15, -0.1) is 0 Å². The van der Waals surface area contributed by atoms with Crippen LogP contribution in [-0.4, -0.2) is 40.8 Å². The van der Waals surface area contributed by atoms with E-state index in [2.05, 4.69) is 17.0 Å². The Morgan fingerprint density at radius 1 is 1.22 bits per heavy atom. The molecule has 0 aromatic heterocycles. The lowest BCUT2D eigenvalue weighted by Crippen LogP contribution is -2.60. The maximum atomic E-state index is 12.4. The van der Waals surface area contributed by atoms with E-state index < -0.39 is 11.0 Å². The second-order valence-electron chi connectivity index (χ2n) is 6.84. The molecule has 2 N–H and O–H groups in total. The Hall–Kier alpha value is 0.0300. The maximum absolute atomic E-state index is 12.4. The summed E-state index contributed by atoms with van der Waals surface area (Å²) in [5.74, 6) is 0. The second-order valence-corrected chi connectivity index (χ2v) is 8.80. The zero-order chi connectivity index (χ0) is 13.4. The summed E-state index contributed by atoms with van der Waals surface area (Å²) < 4.78 is 21.3. The highest BCUT2D eigenvalue weighted by Crippen LogP contribution is 2.45. The van der Waals surface area contributed by atoms with Gasteiger partial charge in [0.15, 0.2) is 0 Å². The van der Waals surface area contributed by atoms with E-state index in [4.69, 9.17) is 4.74 Å². The molecule has 2 unspecified atom stereocenters. The van der Waals surface area contributed by atoms with Gasteiger partial charge in [0.25, 0.3) is 0 Å². The summed E-state index contributed by atoms with van der Waals surface area (Å²) in [5, 5.41) is 3.40. The summed E-state index contributed by atoms with van der Waals surface area (Å²) >= 11 is 0. The molecule has 0 aromatic carbocycles. The first-order valence-electron chi connectivity index (χ1n) is 6.77. The van der Waals surface area contributed by atoms with Gasteiger partial charge in [-0.05, 0) is 53.6 Å². The summed E-state index contributed by atoms with van der Waals surface area (Å²) in [7, 11) is -1.04. The van der Waals surface area contributed by atoms with E-state index in [1.165, 1.54) is 0 Å². The van der Waals surface area contributed by atoms with Crippen molar-refractivity contribution in [3.05, 3.63) is 0 Å². The van der Waals surface area contributed by atoms with Gasteiger partial charge in [-0.1, -0.05) is 0 Å². The van der Waals surface area contributed by atoms with Crippen molar-refractivity contribution in [2.45, 2.75) is 50.8 Å². The number of piperidine rings is 1. The van der Waals surface area contributed by atoms with Crippen molar-refractivity contribution in [2.75, 3.05) is 26.3 Å². The lowest BCUT2D eigenvalue weighted by molar-refractivity contribution is 0.108. The third kappa shape index (κ3) is 2.50. The molecular formula is C13H26N2O2S. The predicted molar refractivity (Wildman–Crippen MR) is 74.8 cm³/mol. The molecule has 2 rings (SSSR count). The summed E-state index contributed by atoms with van der Waals surface area (Å²) in [6.45, 7) is 11.7. The number of rotatable bonds is 2. The Morgan fingerprint density at radius 2 is 1.83 bits per heavy atom. The van der Waals surface area contributed by atoms with Crippen LogP contribution in [0.3, 0.4) is 0 Å². The minimum atomic E-state index is -1.04. The van der Waals surface area contributed by atoms with Crippen molar-refractivity contribution in [3.8, 4) is 0 Å². The van der Waals surface area contributed by atoms with Crippen LogP contribution in [0.1, 0.15) is 40.5 Å². The van der Waals surface area contributed by atoms with Gasteiger partial charge in [0.1, 0.15) is 0 Å². The topological polar surface area (TPSA) is 50.4 Å². The van der Waals surface area contributed by atoms with Gasteiger partial charge < -0.3 is 10.1 Å². The van der Waals surface area contributed by atoms with Crippen molar-refractivity contribution in [1.29, 1.82) is 0 Å².